The van der Waals surface area contributed by atoms with Gasteiger partial charge in [0.25, 0.3) is 0 Å². The first kappa shape index (κ1) is 14.1. The summed E-state index contributed by atoms with van der Waals surface area (Å²) in [4.78, 5) is 0. The highest BCUT2D eigenvalue weighted by atomic mass is 19.1. The zero-order valence-electron chi connectivity index (χ0n) is 11.1. The maximum atomic E-state index is 13.5. The Bertz CT molecular complexity index is 604. The number of hydrogen-bond acceptors (Lipinski definition) is 2. The summed E-state index contributed by atoms with van der Waals surface area (Å²) in [5, 5.41) is 3.11. The van der Waals surface area contributed by atoms with Crippen LogP contribution in [0.4, 0.5) is 4.39 Å². The number of ether oxygens (including phenoxy) is 1. The first-order chi connectivity index (χ1) is 9.79. The van der Waals surface area contributed by atoms with Crippen LogP contribution >= 0.6 is 0 Å². The van der Waals surface area contributed by atoms with Gasteiger partial charge in [0.15, 0.2) is 0 Å². The lowest BCUT2D eigenvalue weighted by molar-refractivity contribution is 0.299. The molecular formula is C17H16FNO. The topological polar surface area (TPSA) is 21.3 Å². The monoisotopic (exact) mass is 269 g/mol. The summed E-state index contributed by atoms with van der Waals surface area (Å²) in [5.74, 6) is 2.99. The minimum atomic E-state index is -0.251. The van der Waals surface area contributed by atoms with E-state index in [1.165, 1.54) is 6.07 Å². The van der Waals surface area contributed by atoms with Crippen LogP contribution in [0.3, 0.4) is 0 Å². The molecule has 0 spiro atoms. The maximum absolute atomic E-state index is 13.5. The molecule has 0 atom stereocenters. The molecule has 0 heterocycles. The van der Waals surface area contributed by atoms with Gasteiger partial charge in [0.05, 0.1) is 6.54 Å². The van der Waals surface area contributed by atoms with Crippen molar-refractivity contribution in [2.45, 2.75) is 13.2 Å². The third kappa shape index (κ3) is 4.11. The molecule has 0 saturated carbocycles. The molecule has 3 heteroatoms. The molecule has 0 aliphatic carbocycles. The van der Waals surface area contributed by atoms with Crippen LogP contribution < -0.4 is 10.1 Å². The molecule has 0 bridgehead atoms. The van der Waals surface area contributed by atoms with Crippen molar-refractivity contribution in [3.8, 4) is 18.1 Å². The van der Waals surface area contributed by atoms with Crippen molar-refractivity contribution in [2.75, 3.05) is 6.54 Å². The Morgan fingerprint density at radius 3 is 2.80 bits per heavy atom. The van der Waals surface area contributed by atoms with Gasteiger partial charge in [-0.1, -0.05) is 36.3 Å². The van der Waals surface area contributed by atoms with Crippen LogP contribution in [0.5, 0.6) is 5.75 Å². The van der Waals surface area contributed by atoms with E-state index in [1.807, 2.05) is 24.3 Å². The molecule has 0 amide bonds. The lowest BCUT2D eigenvalue weighted by Crippen LogP contribution is -2.12. The number of terminal acetylenes is 1. The van der Waals surface area contributed by atoms with Crippen LogP contribution in [0.15, 0.2) is 48.5 Å². The van der Waals surface area contributed by atoms with E-state index in [1.54, 1.807) is 18.2 Å². The summed E-state index contributed by atoms with van der Waals surface area (Å²) >= 11 is 0. The van der Waals surface area contributed by atoms with Gasteiger partial charge >= 0.3 is 0 Å². The molecule has 2 rings (SSSR count). The van der Waals surface area contributed by atoms with Crippen molar-refractivity contribution < 1.29 is 9.13 Å². The molecule has 0 aromatic heterocycles. The average molecular weight is 269 g/mol. The Balaban J connectivity index is 1.95. The molecule has 1 N–H and O–H groups in total. The summed E-state index contributed by atoms with van der Waals surface area (Å²) in [7, 11) is 0. The standard InChI is InChI=1S/C17H16FNO/c1-2-10-19-12-14-6-5-8-16(11-14)20-13-15-7-3-4-9-17(15)18/h1,3-9,11,19H,10,12-13H2. The fourth-order valence-electron chi connectivity index (χ4n) is 1.80. The number of hydrogen-bond donors (Lipinski definition) is 1. The van der Waals surface area contributed by atoms with E-state index < -0.39 is 0 Å². The van der Waals surface area contributed by atoms with Crippen LogP contribution in [-0.2, 0) is 13.2 Å². The van der Waals surface area contributed by atoms with E-state index in [-0.39, 0.29) is 12.4 Å². The fraction of sp³-hybridized carbons (Fsp3) is 0.176. The summed E-state index contributed by atoms with van der Waals surface area (Å²) in [5.41, 5.74) is 1.62. The minimum absolute atomic E-state index is 0.216. The van der Waals surface area contributed by atoms with Gasteiger partial charge in [0.2, 0.25) is 0 Å². The molecule has 2 aromatic rings. The molecule has 0 fully saturated rings. The van der Waals surface area contributed by atoms with Crippen LogP contribution in [0, 0.1) is 18.2 Å². The summed E-state index contributed by atoms with van der Waals surface area (Å²) < 4.78 is 19.1. The van der Waals surface area contributed by atoms with Gasteiger partial charge in [0.1, 0.15) is 18.2 Å². The first-order valence-corrected chi connectivity index (χ1v) is 6.39. The van der Waals surface area contributed by atoms with Gasteiger partial charge in [-0.15, -0.1) is 6.42 Å². The van der Waals surface area contributed by atoms with Crippen molar-refractivity contribution in [1.29, 1.82) is 0 Å². The summed E-state index contributed by atoms with van der Waals surface area (Å²) in [6.07, 6.45) is 5.18. The highest BCUT2D eigenvalue weighted by Crippen LogP contribution is 2.16. The van der Waals surface area contributed by atoms with E-state index in [4.69, 9.17) is 11.2 Å². The number of halogens is 1. The normalized spacial score (nSPS) is 10.0. The molecule has 0 saturated heterocycles. The molecule has 0 unspecified atom stereocenters. The minimum Gasteiger partial charge on any atom is -0.489 e. The van der Waals surface area contributed by atoms with E-state index in [9.17, 15) is 4.39 Å². The first-order valence-electron chi connectivity index (χ1n) is 6.39. The van der Waals surface area contributed by atoms with E-state index in [0.717, 1.165) is 5.56 Å². The second-order valence-corrected chi connectivity index (χ2v) is 4.34. The van der Waals surface area contributed by atoms with Gasteiger partial charge in [-0.2, -0.15) is 0 Å². The predicted octanol–water partition coefficient (Wildman–Crippen LogP) is 3.13. The molecule has 0 aliphatic heterocycles. The molecule has 20 heavy (non-hydrogen) atoms. The second-order valence-electron chi connectivity index (χ2n) is 4.34. The van der Waals surface area contributed by atoms with Gasteiger partial charge in [0, 0.05) is 12.1 Å². The SMILES string of the molecule is C#CCNCc1cccc(OCc2ccccc2F)c1. The van der Waals surface area contributed by atoms with Crippen LogP contribution in [0.2, 0.25) is 0 Å². The average Bonchev–Trinajstić information content (AvgIpc) is 2.47. The van der Waals surface area contributed by atoms with Crippen molar-refractivity contribution in [1.82, 2.24) is 5.32 Å². The molecule has 2 nitrogen and oxygen atoms in total. The van der Waals surface area contributed by atoms with Gasteiger partial charge < -0.3 is 10.1 Å². The van der Waals surface area contributed by atoms with Crippen molar-refractivity contribution in [2.24, 2.45) is 0 Å². The number of benzene rings is 2. The molecule has 102 valence electrons. The van der Waals surface area contributed by atoms with Gasteiger partial charge in [-0.05, 0) is 23.8 Å². The Morgan fingerprint density at radius 1 is 1.15 bits per heavy atom. The number of nitrogens with one attached hydrogen (secondary N) is 1. The van der Waals surface area contributed by atoms with E-state index >= 15 is 0 Å². The third-order valence-electron chi connectivity index (χ3n) is 2.81. The Hall–Kier alpha value is -2.31. The molecule has 0 aliphatic rings. The Labute approximate surface area is 118 Å². The van der Waals surface area contributed by atoms with Crippen LogP contribution in [0.1, 0.15) is 11.1 Å². The Morgan fingerprint density at radius 2 is 2.00 bits per heavy atom. The highest BCUT2D eigenvalue weighted by Gasteiger charge is 2.02. The van der Waals surface area contributed by atoms with E-state index in [2.05, 4.69) is 11.2 Å². The second kappa shape index (κ2) is 7.32. The largest absolute Gasteiger partial charge is 0.489 e. The zero-order chi connectivity index (χ0) is 14.2. The van der Waals surface area contributed by atoms with Crippen molar-refractivity contribution >= 4 is 0 Å². The Kier molecular flexibility index (Phi) is 5.16. The third-order valence-corrected chi connectivity index (χ3v) is 2.81. The molecule has 0 radical (unpaired) electrons. The fourth-order valence-corrected chi connectivity index (χ4v) is 1.80. The zero-order valence-corrected chi connectivity index (χ0v) is 11.1. The smallest absolute Gasteiger partial charge is 0.129 e. The predicted molar refractivity (Wildman–Crippen MR) is 77.7 cm³/mol. The molecular weight excluding hydrogens is 253 g/mol. The lowest BCUT2D eigenvalue weighted by atomic mass is 10.2. The van der Waals surface area contributed by atoms with Crippen LogP contribution in [0.25, 0.3) is 0 Å². The molecule has 2 aromatic carbocycles. The maximum Gasteiger partial charge on any atom is 0.129 e. The van der Waals surface area contributed by atoms with Crippen molar-refractivity contribution in [3.63, 3.8) is 0 Å². The van der Waals surface area contributed by atoms with Crippen LogP contribution in [-0.4, -0.2) is 6.54 Å². The van der Waals surface area contributed by atoms with E-state index in [0.29, 0.717) is 24.4 Å². The number of rotatable bonds is 6. The summed E-state index contributed by atoms with van der Waals surface area (Å²) in [6, 6.07) is 14.3. The quantitative estimate of drug-likeness (QED) is 0.642. The van der Waals surface area contributed by atoms with Gasteiger partial charge in [-0.25, -0.2) is 4.39 Å². The van der Waals surface area contributed by atoms with Crippen molar-refractivity contribution in [3.05, 3.63) is 65.5 Å². The van der Waals surface area contributed by atoms with Gasteiger partial charge in [-0.3, -0.25) is 0 Å². The summed E-state index contributed by atoms with van der Waals surface area (Å²) in [6.45, 7) is 1.43. The highest BCUT2D eigenvalue weighted by molar-refractivity contribution is 5.29. The lowest BCUT2D eigenvalue weighted by Gasteiger charge is -2.09.